The van der Waals surface area contributed by atoms with Gasteiger partial charge in [0.25, 0.3) is 0 Å². The number of rotatable bonds is 2. The Morgan fingerprint density at radius 2 is 2.38 bits per heavy atom. The van der Waals surface area contributed by atoms with Crippen LogP contribution in [-0.4, -0.2) is 37.8 Å². The second-order valence-electron chi connectivity index (χ2n) is 5.22. The number of nitriles is 1. The van der Waals surface area contributed by atoms with Crippen molar-refractivity contribution in [3.05, 3.63) is 36.0 Å². The highest BCUT2D eigenvalue weighted by Crippen LogP contribution is 2.27. The van der Waals surface area contributed by atoms with E-state index in [0.29, 0.717) is 5.69 Å². The summed E-state index contributed by atoms with van der Waals surface area (Å²) in [4.78, 5) is 13.9. The molecule has 1 unspecified atom stereocenters. The smallest absolute Gasteiger partial charge is 0.162 e. The molecule has 0 radical (unpaired) electrons. The van der Waals surface area contributed by atoms with Crippen molar-refractivity contribution in [1.29, 1.82) is 5.26 Å². The Morgan fingerprint density at radius 1 is 1.48 bits per heavy atom. The number of aromatic amines is 1. The quantitative estimate of drug-likeness (QED) is 0.758. The van der Waals surface area contributed by atoms with Gasteiger partial charge in [-0.15, -0.1) is 0 Å². The van der Waals surface area contributed by atoms with Gasteiger partial charge in [0.2, 0.25) is 0 Å². The van der Waals surface area contributed by atoms with Crippen LogP contribution in [0.2, 0.25) is 0 Å². The van der Waals surface area contributed by atoms with E-state index in [2.05, 4.69) is 31.0 Å². The van der Waals surface area contributed by atoms with Crippen molar-refractivity contribution in [1.82, 2.24) is 24.7 Å². The largest absolute Gasteiger partial charge is 0.354 e. The van der Waals surface area contributed by atoms with Crippen molar-refractivity contribution in [2.24, 2.45) is 0 Å². The van der Waals surface area contributed by atoms with Crippen molar-refractivity contribution < 1.29 is 0 Å². The minimum absolute atomic E-state index is 0.285. The summed E-state index contributed by atoms with van der Waals surface area (Å²) in [7, 11) is 2.04. The standard InChI is InChI=1S/C14H13N7/c1-20(14-12-2-3-16-13(12)17-8-18-14)11-5-10-4-9(6-15)19-21(10)7-11/h2-4,8,11H,5,7H2,1H3,(H,16,17,18). The third kappa shape index (κ3) is 1.76. The zero-order chi connectivity index (χ0) is 14.4. The Bertz CT molecular complexity index is 830. The van der Waals surface area contributed by atoms with E-state index in [0.717, 1.165) is 35.5 Å². The Morgan fingerprint density at radius 3 is 3.19 bits per heavy atom. The number of likely N-dealkylation sites (N-methyl/N-ethyl adjacent to an activating group) is 1. The number of fused-ring (bicyclic) bond motifs is 2. The fourth-order valence-corrected chi connectivity index (χ4v) is 2.91. The average molecular weight is 279 g/mol. The molecule has 1 atom stereocenters. The highest BCUT2D eigenvalue weighted by Gasteiger charge is 2.28. The van der Waals surface area contributed by atoms with Gasteiger partial charge < -0.3 is 9.88 Å². The van der Waals surface area contributed by atoms with Crippen molar-refractivity contribution in [2.45, 2.75) is 19.0 Å². The van der Waals surface area contributed by atoms with Crippen molar-refractivity contribution in [3.63, 3.8) is 0 Å². The lowest BCUT2D eigenvalue weighted by Gasteiger charge is -2.25. The minimum atomic E-state index is 0.285. The van der Waals surface area contributed by atoms with Gasteiger partial charge in [-0.25, -0.2) is 9.97 Å². The van der Waals surface area contributed by atoms with Gasteiger partial charge in [0.15, 0.2) is 5.69 Å². The molecule has 0 bridgehead atoms. The fourth-order valence-electron chi connectivity index (χ4n) is 2.91. The number of hydrogen-bond acceptors (Lipinski definition) is 5. The predicted octanol–water partition coefficient (Wildman–Crippen LogP) is 1.09. The van der Waals surface area contributed by atoms with E-state index in [1.165, 1.54) is 0 Å². The number of nitrogens with one attached hydrogen (secondary N) is 1. The van der Waals surface area contributed by atoms with Crippen LogP contribution < -0.4 is 4.90 Å². The van der Waals surface area contributed by atoms with Crippen LogP contribution in [0.3, 0.4) is 0 Å². The Hall–Kier alpha value is -2.88. The van der Waals surface area contributed by atoms with Crippen molar-refractivity contribution >= 4 is 16.9 Å². The molecule has 0 aliphatic carbocycles. The van der Waals surface area contributed by atoms with E-state index in [1.54, 1.807) is 6.33 Å². The fraction of sp³-hybridized carbons (Fsp3) is 0.286. The molecule has 3 aromatic heterocycles. The summed E-state index contributed by atoms with van der Waals surface area (Å²) in [5.74, 6) is 0.914. The molecule has 4 heterocycles. The van der Waals surface area contributed by atoms with Crippen LogP contribution in [0.15, 0.2) is 24.7 Å². The van der Waals surface area contributed by atoms with Crippen LogP contribution in [0.25, 0.3) is 11.0 Å². The molecule has 7 nitrogen and oxygen atoms in total. The molecule has 0 spiro atoms. The van der Waals surface area contributed by atoms with Crippen LogP contribution in [0.4, 0.5) is 5.82 Å². The molecule has 3 aromatic rings. The first-order valence-corrected chi connectivity index (χ1v) is 6.74. The summed E-state index contributed by atoms with van der Waals surface area (Å²) >= 11 is 0. The molecule has 0 saturated heterocycles. The van der Waals surface area contributed by atoms with E-state index in [1.807, 2.05) is 30.1 Å². The van der Waals surface area contributed by atoms with Crippen LogP contribution in [0.1, 0.15) is 11.4 Å². The molecule has 7 heteroatoms. The van der Waals surface area contributed by atoms with E-state index < -0.39 is 0 Å². The Labute approximate surface area is 120 Å². The SMILES string of the molecule is CN(c1ncnc2[nH]ccc12)C1Cc2cc(C#N)nn2C1. The lowest BCUT2D eigenvalue weighted by Crippen LogP contribution is -2.33. The summed E-state index contributed by atoms with van der Waals surface area (Å²) in [5, 5.41) is 14.2. The van der Waals surface area contributed by atoms with E-state index in [9.17, 15) is 0 Å². The molecule has 1 aliphatic heterocycles. The number of H-pyrrole nitrogens is 1. The first-order chi connectivity index (χ1) is 10.3. The lowest BCUT2D eigenvalue weighted by atomic mass is 10.1. The van der Waals surface area contributed by atoms with Crippen molar-refractivity contribution in [3.8, 4) is 6.07 Å². The third-order valence-corrected chi connectivity index (χ3v) is 4.02. The van der Waals surface area contributed by atoms with Gasteiger partial charge in [0.1, 0.15) is 23.9 Å². The van der Waals surface area contributed by atoms with Crippen LogP contribution >= 0.6 is 0 Å². The molecule has 1 N–H and O–H groups in total. The Kier molecular flexibility index (Phi) is 2.44. The second kappa shape index (κ2) is 4.31. The first kappa shape index (κ1) is 11.9. The molecule has 0 saturated carbocycles. The summed E-state index contributed by atoms with van der Waals surface area (Å²) in [5.41, 5.74) is 2.43. The van der Waals surface area contributed by atoms with Gasteiger partial charge >= 0.3 is 0 Å². The van der Waals surface area contributed by atoms with Gasteiger partial charge in [0.05, 0.1) is 18.0 Å². The average Bonchev–Trinajstić information content (AvgIpc) is 3.18. The van der Waals surface area contributed by atoms with Crippen LogP contribution in [0.5, 0.6) is 0 Å². The molecule has 0 fully saturated rings. The molecule has 0 amide bonds. The summed E-state index contributed by atoms with van der Waals surface area (Å²) in [6, 6.07) is 6.22. The van der Waals surface area contributed by atoms with Gasteiger partial charge in [-0.2, -0.15) is 10.4 Å². The maximum atomic E-state index is 8.89. The summed E-state index contributed by atoms with van der Waals surface area (Å²) in [6.07, 6.45) is 4.31. The normalized spacial score (nSPS) is 16.9. The number of nitrogens with zero attached hydrogens (tertiary/aromatic N) is 6. The van der Waals surface area contributed by atoms with Gasteiger partial charge in [-0.1, -0.05) is 0 Å². The second-order valence-corrected chi connectivity index (χ2v) is 5.22. The molecular formula is C14H13N7. The predicted molar refractivity (Wildman–Crippen MR) is 76.7 cm³/mol. The van der Waals surface area contributed by atoms with Gasteiger partial charge in [-0.05, 0) is 12.1 Å². The molecule has 21 heavy (non-hydrogen) atoms. The monoisotopic (exact) mass is 279 g/mol. The number of anilines is 1. The zero-order valence-corrected chi connectivity index (χ0v) is 11.5. The molecule has 1 aliphatic rings. The summed E-state index contributed by atoms with van der Waals surface area (Å²) < 4.78 is 1.91. The van der Waals surface area contributed by atoms with Crippen LogP contribution in [0, 0.1) is 11.3 Å². The van der Waals surface area contributed by atoms with Crippen LogP contribution in [-0.2, 0) is 13.0 Å². The first-order valence-electron chi connectivity index (χ1n) is 6.74. The molecular weight excluding hydrogens is 266 g/mol. The highest BCUT2D eigenvalue weighted by atomic mass is 15.3. The minimum Gasteiger partial charge on any atom is -0.354 e. The Balaban J connectivity index is 1.65. The lowest BCUT2D eigenvalue weighted by molar-refractivity contribution is 0.563. The van der Waals surface area contributed by atoms with E-state index >= 15 is 0 Å². The van der Waals surface area contributed by atoms with E-state index in [-0.39, 0.29) is 6.04 Å². The zero-order valence-electron chi connectivity index (χ0n) is 11.5. The maximum Gasteiger partial charge on any atom is 0.162 e. The number of hydrogen-bond donors (Lipinski definition) is 1. The topological polar surface area (TPSA) is 86.4 Å². The highest BCUT2D eigenvalue weighted by molar-refractivity contribution is 5.87. The van der Waals surface area contributed by atoms with Gasteiger partial charge in [-0.3, -0.25) is 4.68 Å². The molecule has 0 aromatic carbocycles. The third-order valence-electron chi connectivity index (χ3n) is 4.02. The van der Waals surface area contributed by atoms with E-state index in [4.69, 9.17) is 5.26 Å². The van der Waals surface area contributed by atoms with Crippen molar-refractivity contribution in [2.75, 3.05) is 11.9 Å². The number of aromatic nitrogens is 5. The van der Waals surface area contributed by atoms with Gasteiger partial charge in [0, 0.05) is 25.4 Å². The summed E-state index contributed by atoms with van der Waals surface area (Å²) in [6.45, 7) is 0.767. The molecule has 104 valence electrons. The molecule has 4 rings (SSSR count). The maximum absolute atomic E-state index is 8.89.